The first kappa shape index (κ1) is 15.2. The van der Waals surface area contributed by atoms with Crippen LogP contribution < -0.4 is 5.32 Å². The highest BCUT2D eigenvalue weighted by Crippen LogP contribution is 2.14. The molecule has 1 rings (SSSR count). The van der Waals surface area contributed by atoms with E-state index in [-0.39, 0.29) is 12.1 Å². The molecule has 1 aromatic rings. The minimum absolute atomic E-state index is 0.169. The van der Waals surface area contributed by atoms with Crippen LogP contribution >= 0.6 is 0 Å². The Balaban J connectivity index is 2.46. The summed E-state index contributed by atoms with van der Waals surface area (Å²) < 4.78 is 2.04. The molecular weight excluding hydrogens is 226 g/mol. The number of nitrogens with zero attached hydrogens (tertiary/aromatic N) is 2. The fraction of sp³-hybridized carbons (Fsp3) is 0.786. The van der Waals surface area contributed by atoms with Gasteiger partial charge in [0.2, 0.25) is 0 Å². The molecule has 0 aliphatic heterocycles. The third-order valence-corrected chi connectivity index (χ3v) is 3.19. The molecule has 0 fully saturated rings. The molecule has 0 spiro atoms. The van der Waals surface area contributed by atoms with Crippen molar-refractivity contribution in [3.63, 3.8) is 0 Å². The van der Waals surface area contributed by atoms with Gasteiger partial charge in [-0.25, -0.2) is 0 Å². The summed E-state index contributed by atoms with van der Waals surface area (Å²) in [4.78, 5) is 0. The molecule has 104 valence electrons. The second kappa shape index (κ2) is 6.34. The zero-order valence-electron chi connectivity index (χ0n) is 12.3. The molecule has 0 aliphatic carbocycles. The van der Waals surface area contributed by atoms with Crippen molar-refractivity contribution < 1.29 is 5.11 Å². The topological polar surface area (TPSA) is 50.1 Å². The van der Waals surface area contributed by atoms with Gasteiger partial charge in [0.25, 0.3) is 0 Å². The normalized spacial score (nSPS) is 15.1. The van der Waals surface area contributed by atoms with Crippen LogP contribution in [0.2, 0.25) is 0 Å². The molecule has 0 radical (unpaired) electrons. The van der Waals surface area contributed by atoms with Crippen LogP contribution in [0.25, 0.3) is 0 Å². The van der Waals surface area contributed by atoms with Crippen molar-refractivity contribution >= 4 is 0 Å². The Morgan fingerprint density at radius 1 is 1.44 bits per heavy atom. The maximum absolute atomic E-state index is 9.51. The van der Waals surface area contributed by atoms with Crippen LogP contribution in [0.1, 0.15) is 45.0 Å². The van der Waals surface area contributed by atoms with E-state index in [9.17, 15) is 5.11 Å². The summed E-state index contributed by atoms with van der Waals surface area (Å²) in [6.07, 6.45) is 1.96. The van der Waals surface area contributed by atoms with Crippen LogP contribution in [0.15, 0.2) is 6.07 Å². The van der Waals surface area contributed by atoms with E-state index >= 15 is 0 Å². The molecule has 1 atom stereocenters. The van der Waals surface area contributed by atoms with Crippen molar-refractivity contribution in [3.05, 3.63) is 17.5 Å². The third-order valence-electron chi connectivity index (χ3n) is 3.19. The van der Waals surface area contributed by atoms with Crippen LogP contribution in [-0.2, 0) is 6.54 Å². The molecule has 2 N–H and O–H groups in total. The lowest BCUT2D eigenvalue weighted by molar-refractivity contribution is 0.153. The van der Waals surface area contributed by atoms with E-state index in [1.165, 1.54) is 5.69 Å². The molecule has 0 amide bonds. The molecule has 4 nitrogen and oxygen atoms in total. The number of aromatic nitrogens is 2. The van der Waals surface area contributed by atoms with Crippen LogP contribution in [0, 0.1) is 13.8 Å². The summed E-state index contributed by atoms with van der Waals surface area (Å²) in [7, 11) is 0. The monoisotopic (exact) mass is 253 g/mol. The van der Waals surface area contributed by atoms with Gasteiger partial charge < -0.3 is 10.4 Å². The van der Waals surface area contributed by atoms with Gasteiger partial charge >= 0.3 is 0 Å². The Kier molecular flexibility index (Phi) is 5.35. The quantitative estimate of drug-likeness (QED) is 0.781. The lowest BCUT2D eigenvalue weighted by atomic mass is 9.96. The molecule has 0 saturated carbocycles. The van der Waals surface area contributed by atoms with E-state index < -0.39 is 0 Å². The van der Waals surface area contributed by atoms with E-state index in [0.717, 1.165) is 25.1 Å². The van der Waals surface area contributed by atoms with Crippen LogP contribution in [0.5, 0.6) is 0 Å². The predicted molar refractivity (Wildman–Crippen MR) is 74.7 cm³/mol. The first-order valence-corrected chi connectivity index (χ1v) is 6.76. The molecule has 1 aromatic heterocycles. The Morgan fingerprint density at radius 2 is 2.11 bits per heavy atom. The van der Waals surface area contributed by atoms with Gasteiger partial charge in [-0.15, -0.1) is 0 Å². The summed E-state index contributed by atoms with van der Waals surface area (Å²) >= 11 is 0. The highest BCUT2D eigenvalue weighted by Gasteiger charge is 2.23. The van der Waals surface area contributed by atoms with Crippen LogP contribution in [-0.4, -0.2) is 33.1 Å². The van der Waals surface area contributed by atoms with Crippen molar-refractivity contribution in [2.45, 2.75) is 65.6 Å². The molecular formula is C14H27N3O. The maximum Gasteiger partial charge on any atom is 0.0610 e. The van der Waals surface area contributed by atoms with Gasteiger partial charge in [-0.2, -0.15) is 5.10 Å². The SMILES string of the molecule is Cc1cc(C)n(CCCC(C)(CO)NC(C)C)n1. The second-order valence-electron chi connectivity index (χ2n) is 5.77. The average molecular weight is 253 g/mol. The smallest absolute Gasteiger partial charge is 0.0610 e. The number of hydrogen-bond donors (Lipinski definition) is 2. The Morgan fingerprint density at radius 3 is 2.56 bits per heavy atom. The molecule has 0 aliphatic rings. The second-order valence-corrected chi connectivity index (χ2v) is 5.77. The highest BCUT2D eigenvalue weighted by molar-refractivity contribution is 5.06. The number of nitrogens with one attached hydrogen (secondary N) is 1. The summed E-state index contributed by atoms with van der Waals surface area (Å²) in [5.74, 6) is 0. The van der Waals surface area contributed by atoms with Crippen molar-refractivity contribution in [1.82, 2.24) is 15.1 Å². The zero-order valence-corrected chi connectivity index (χ0v) is 12.3. The van der Waals surface area contributed by atoms with Gasteiger partial charge in [-0.1, -0.05) is 13.8 Å². The highest BCUT2D eigenvalue weighted by atomic mass is 16.3. The fourth-order valence-electron chi connectivity index (χ4n) is 2.41. The van der Waals surface area contributed by atoms with Crippen LogP contribution in [0.3, 0.4) is 0 Å². The van der Waals surface area contributed by atoms with E-state index in [1.807, 2.05) is 11.6 Å². The molecule has 1 unspecified atom stereocenters. The van der Waals surface area contributed by atoms with E-state index in [0.29, 0.717) is 6.04 Å². The first-order valence-electron chi connectivity index (χ1n) is 6.76. The minimum atomic E-state index is -0.190. The lowest BCUT2D eigenvalue weighted by Crippen LogP contribution is -2.49. The van der Waals surface area contributed by atoms with Gasteiger partial charge in [0.05, 0.1) is 12.3 Å². The molecule has 0 aromatic carbocycles. The van der Waals surface area contributed by atoms with E-state index in [1.54, 1.807) is 0 Å². The minimum Gasteiger partial charge on any atom is -0.394 e. The fourth-order valence-corrected chi connectivity index (χ4v) is 2.41. The lowest BCUT2D eigenvalue weighted by Gasteiger charge is -2.31. The van der Waals surface area contributed by atoms with Crippen molar-refractivity contribution in [3.8, 4) is 0 Å². The Labute approximate surface area is 110 Å². The van der Waals surface area contributed by atoms with Gasteiger partial charge in [-0.3, -0.25) is 4.68 Å². The third kappa shape index (κ3) is 4.42. The van der Waals surface area contributed by atoms with Gasteiger partial charge in [0.1, 0.15) is 0 Å². The Hall–Kier alpha value is -0.870. The Bertz CT molecular complexity index is 373. The summed E-state index contributed by atoms with van der Waals surface area (Å²) in [5.41, 5.74) is 2.08. The first-order chi connectivity index (χ1) is 8.36. The van der Waals surface area contributed by atoms with Gasteiger partial charge in [0, 0.05) is 23.8 Å². The predicted octanol–water partition coefficient (Wildman–Crippen LogP) is 2.03. The molecule has 0 bridgehead atoms. The van der Waals surface area contributed by atoms with Crippen molar-refractivity contribution in [1.29, 1.82) is 0 Å². The van der Waals surface area contributed by atoms with Gasteiger partial charge in [0.15, 0.2) is 0 Å². The van der Waals surface area contributed by atoms with E-state index in [4.69, 9.17) is 0 Å². The standard InChI is InChI=1S/C14H27N3O/c1-11(2)15-14(5,10-18)7-6-8-17-13(4)9-12(3)16-17/h9,11,15,18H,6-8,10H2,1-5H3. The summed E-state index contributed by atoms with van der Waals surface area (Å²) in [6, 6.07) is 2.48. The molecule has 4 heteroatoms. The maximum atomic E-state index is 9.51. The molecule has 18 heavy (non-hydrogen) atoms. The number of aliphatic hydroxyl groups is 1. The molecule has 1 heterocycles. The summed E-state index contributed by atoms with van der Waals surface area (Å²) in [5, 5.41) is 17.4. The average Bonchev–Trinajstić information content (AvgIpc) is 2.56. The number of hydrogen-bond acceptors (Lipinski definition) is 3. The largest absolute Gasteiger partial charge is 0.394 e. The van der Waals surface area contributed by atoms with Crippen molar-refractivity contribution in [2.24, 2.45) is 0 Å². The summed E-state index contributed by atoms with van der Waals surface area (Å²) in [6.45, 7) is 11.5. The van der Waals surface area contributed by atoms with Crippen LogP contribution in [0.4, 0.5) is 0 Å². The van der Waals surface area contributed by atoms with Crippen molar-refractivity contribution in [2.75, 3.05) is 6.61 Å². The molecule has 0 saturated heterocycles. The number of aliphatic hydroxyl groups excluding tert-OH is 1. The number of rotatable bonds is 7. The zero-order chi connectivity index (χ0) is 13.8. The number of aryl methyl sites for hydroxylation is 3. The van der Waals surface area contributed by atoms with Gasteiger partial charge in [-0.05, 0) is 39.7 Å². The van der Waals surface area contributed by atoms with E-state index in [2.05, 4.69) is 44.2 Å².